The molecular weight excluding hydrogens is 341 g/mol. The standard InChI is InChI=1S/C22H20FN3O/c1-15-11-13-26-20(14-15)25-21(18-4-2-3-5-19(18)27)22(26)24-12-10-16-6-8-17(23)9-7-16/h2-9,11,13-14,24,27H,10,12H2,1H3. The van der Waals surface area contributed by atoms with E-state index < -0.39 is 0 Å². The first-order valence-corrected chi connectivity index (χ1v) is 8.87. The van der Waals surface area contributed by atoms with Crippen molar-refractivity contribution in [3.05, 3.63) is 83.8 Å². The second kappa shape index (κ2) is 7.11. The van der Waals surface area contributed by atoms with Crippen LogP contribution in [0.25, 0.3) is 16.9 Å². The van der Waals surface area contributed by atoms with Gasteiger partial charge in [0.2, 0.25) is 0 Å². The summed E-state index contributed by atoms with van der Waals surface area (Å²) in [4.78, 5) is 4.73. The molecule has 0 fully saturated rings. The van der Waals surface area contributed by atoms with E-state index >= 15 is 0 Å². The third-order valence-electron chi connectivity index (χ3n) is 4.56. The van der Waals surface area contributed by atoms with E-state index in [-0.39, 0.29) is 11.6 Å². The fourth-order valence-corrected chi connectivity index (χ4v) is 3.15. The van der Waals surface area contributed by atoms with E-state index in [1.807, 2.05) is 41.8 Å². The fourth-order valence-electron chi connectivity index (χ4n) is 3.15. The van der Waals surface area contributed by atoms with Gasteiger partial charge >= 0.3 is 0 Å². The molecule has 4 aromatic rings. The molecule has 4 rings (SSSR count). The molecule has 5 heteroatoms. The Morgan fingerprint density at radius 3 is 2.63 bits per heavy atom. The summed E-state index contributed by atoms with van der Waals surface area (Å²) in [7, 11) is 0. The Kier molecular flexibility index (Phi) is 4.50. The van der Waals surface area contributed by atoms with Crippen molar-refractivity contribution >= 4 is 11.5 Å². The van der Waals surface area contributed by atoms with Crippen molar-refractivity contribution in [2.24, 2.45) is 0 Å². The van der Waals surface area contributed by atoms with Crippen molar-refractivity contribution in [1.29, 1.82) is 0 Å². The van der Waals surface area contributed by atoms with E-state index in [2.05, 4.69) is 5.32 Å². The second-order valence-corrected chi connectivity index (χ2v) is 6.56. The molecule has 2 N–H and O–H groups in total. The molecule has 0 saturated heterocycles. The van der Waals surface area contributed by atoms with Crippen LogP contribution in [0.15, 0.2) is 66.9 Å². The maximum Gasteiger partial charge on any atom is 0.139 e. The molecule has 0 amide bonds. The van der Waals surface area contributed by atoms with Gasteiger partial charge in [-0.25, -0.2) is 9.37 Å². The Hall–Kier alpha value is -3.34. The first kappa shape index (κ1) is 17.1. The van der Waals surface area contributed by atoms with Gasteiger partial charge in [0.05, 0.1) is 0 Å². The van der Waals surface area contributed by atoms with E-state index in [0.29, 0.717) is 17.8 Å². The molecule has 0 saturated carbocycles. The highest BCUT2D eigenvalue weighted by molar-refractivity contribution is 5.80. The summed E-state index contributed by atoms with van der Waals surface area (Å²) >= 11 is 0. The molecule has 0 aliphatic heterocycles. The zero-order valence-corrected chi connectivity index (χ0v) is 15.0. The number of fused-ring (bicyclic) bond motifs is 1. The topological polar surface area (TPSA) is 49.6 Å². The number of phenols is 1. The van der Waals surface area contributed by atoms with Crippen molar-refractivity contribution in [1.82, 2.24) is 9.38 Å². The van der Waals surface area contributed by atoms with Crippen LogP contribution in [0, 0.1) is 12.7 Å². The molecule has 0 aliphatic rings. The number of hydrogen-bond acceptors (Lipinski definition) is 3. The second-order valence-electron chi connectivity index (χ2n) is 6.56. The summed E-state index contributed by atoms with van der Waals surface area (Å²) in [6.45, 7) is 2.68. The summed E-state index contributed by atoms with van der Waals surface area (Å²) in [5.41, 5.74) is 4.38. The summed E-state index contributed by atoms with van der Waals surface area (Å²) in [5, 5.41) is 13.7. The van der Waals surface area contributed by atoms with Crippen LogP contribution in [-0.4, -0.2) is 21.0 Å². The van der Waals surface area contributed by atoms with Gasteiger partial charge in [0.25, 0.3) is 0 Å². The molecule has 0 radical (unpaired) electrons. The van der Waals surface area contributed by atoms with Crippen molar-refractivity contribution in [2.75, 3.05) is 11.9 Å². The van der Waals surface area contributed by atoms with Crippen LogP contribution in [0.1, 0.15) is 11.1 Å². The molecular formula is C22H20FN3O. The molecule has 2 heterocycles. The van der Waals surface area contributed by atoms with Crippen LogP contribution >= 0.6 is 0 Å². The third kappa shape index (κ3) is 3.49. The molecule has 136 valence electrons. The number of imidazole rings is 1. The quantitative estimate of drug-likeness (QED) is 0.536. The molecule has 2 aromatic heterocycles. The number of anilines is 1. The van der Waals surface area contributed by atoms with Crippen molar-refractivity contribution < 1.29 is 9.50 Å². The number of nitrogens with one attached hydrogen (secondary N) is 1. The minimum absolute atomic E-state index is 0.194. The van der Waals surface area contributed by atoms with E-state index in [1.165, 1.54) is 12.1 Å². The summed E-state index contributed by atoms with van der Waals surface area (Å²) in [6.07, 6.45) is 2.72. The molecule has 4 nitrogen and oxygen atoms in total. The van der Waals surface area contributed by atoms with E-state index in [9.17, 15) is 9.50 Å². The minimum atomic E-state index is -0.231. The Bertz CT molecular complexity index is 1090. The highest BCUT2D eigenvalue weighted by atomic mass is 19.1. The van der Waals surface area contributed by atoms with E-state index in [1.54, 1.807) is 24.3 Å². The monoisotopic (exact) mass is 361 g/mol. The Labute approximate surface area is 156 Å². The lowest BCUT2D eigenvalue weighted by Gasteiger charge is -2.10. The average molecular weight is 361 g/mol. The zero-order chi connectivity index (χ0) is 18.8. The molecule has 0 atom stereocenters. The predicted molar refractivity (Wildman–Crippen MR) is 106 cm³/mol. The van der Waals surface area contributed by atoms with Gasteiger partial charge in [-0.15, -0.1) is 0 Å². The number of phenolic OH excluding ortho intramolecular Hbond substituents is 1. The maximum atomic E-state index is 13.1. The molecule has 27 heavy (non-hydrogen) atoms. The third-order valence-corrected chi connectivity index (χ3v) is 4.56. The summed E-state index contributed by atoms with van der Waals surface area (Å²) in [5.74, 6) is 0.790. The van der Waals surface area contributed by atoms with Gasteiger partial charge in [-0.2, -0.15) is 0 Å². The number of para-hydroxylation sites is 1. The van der Waals surface area contributed by atoms with Crippen molar-refractivity contribution in [3.63, 3.8) is 0 Å². The van der Waals surface area contributed by atoms with Crippen molar-refractivity contribution in [3.8, 4) is 17.0 Å². The van der Waals surface area contributed by atoms with Crippen LogP contribution in [0.4, 0.5) is 10.2 Å². The number of aromatic nitrogens is 2. The lowest BCUT2D eigenvalue weighted by Crippen LogP contribution is -2.08. The summed E-state index contributed by atoms with van der Waals surface area (Å²) in [6, 6.07) is 17.7. The highest BCUT2D eigenvalue weighted by Gasteiger charge is 2.16. The Balaban J connectivity index is 1.68. The average Bonchev–Trinajstić information content (AvgIpc) is 3.01. The lowest BCUT2D eigenvalue weighted by atomic mass is 10.1. The summed E-state index contributed by atoms with van der Waals surface area (Å²) < 4.78 is 15.1. The molecule has 2 aromatic carbocycles. The van der Waals surface area contributed by atoms with E-state index in [0.717, 1.165) is 29.0 Å². The number of benzene rings is 2. The SMILES string of the molecule is Cc1ccn2c(NCCc3ccc(F)cc3)c(-c3ccccc3O)nc2c1. The maximum absolute atomic E-state index is 13.1. The highest BCUT2D eigenvalue weighted by Crippen LogP contribution is 2.34. The largest absolute Gasteiger partial charge is 0.507 e. The van der Waals surface area contributed by atoms with Gasteiger partial charge < -0.3 is 10.4 Å². The smallest absolute Gasteiger partial charge is 0.139 e. The molecule has 0 bridgehead atoms. The van der Waals surface area contributed by atoms with Crippen LogP contribution in [0.3, 0.4) is 0 Å². The van der Waals surface area contributed by atoms with Gasteiger partial charge in [0.1, 0.15) is 28.7 Å². The predicted octanol–water partition coefficient (Wildman–Crippen LogP) is 4.81. The molecule has 0 aliphatic carbocycles. The van der Waals surface area contributed by atoms with Crippen LogP contribution in [0.2, 0.25) is 0 Å². The van der Waals surface area contributed by atoms with Crippen LogP contribution in [-0.2, 0) is 6.42 Å². The number of pyridine rings is 1. The number of rotatable bonds is 5. The van der Waals surface area contributed by atoms with Gasteiger partial charge in [0.15, 0.2) is 0 Å². The Morgan fingerprint density at radius 2 is 1.85 bits per heavy atom. The number of nitrogens with zero attached hydrogens (tertiary/aromatic N) is 2. The van der Waals surface area contributed by atoms with E-state index in [4.69, 9.17) is 4.98 Å². The number of hydrogen-bond donors (Lipinski definition) is 2. The molecule has 0 spiro atoms. The van der Waals surface area contributed by atoms with Crippen LogP contribution in [0.5, 0.6) is 5.75 Å². The Morgan fingerprint density at radius 1 is 1.07 bits per heavy atom. The number of halogens is 1. The number of aromatic hydroxyl groups is 1. The van der Waals surface area contributed by atoms with Gasteiger partial charge in [-0.3, -0.25) is 4.40 Å². The zero-order valence-electron chi connectivity index (χ0n) is 15.0. The lowest BCUT2D eigenvalue weighted by molar-refractivity contribution is 0.477. The normalized spacial score (nSPS) is 11.0. The van der Waals surface area contributed by atoms with Gasteiger partial charge in [-0.1, -0.05) is 24.3 Å². The first-order valence-electron chi connectivity index (χ1n) is 8.87. The van der Waals surface area contributed by atoms with Gasteiger partial charge in [0, 0.05) is 18.3 Å². The molecule has 0 unspecified atom stereocenters. The first-order chi connectivity index (χ1) is 13.1. The van der Waals surface area contributed by atoms with Gasteiger partial charge in [-0.05, 0) is 60.9 Å². The fraction of sp³-hybridized carbons (Fsp3) is 0.136. The number of aryl methyl sites for hydroxylation is 1. The van der Waals surface area contributed by atoms with Crippen molar-refractivity contribution in [2.45, 2.75) is 13.3 Å². The minimum Gasteiger partial charge on any atom is -0.507 e. The van der Waals surface area contributed by atoms with Crippen LogP contribution < -0.4 is 5.32 Å².